The van der Waals surface area contributed by atoms with E-state index in [0.717, 1.165) is 22.1 Å². The van der Waals surface area contributed by atoms with E-state index in [2.05, 4.69) is 29.2 Å². The molecule has 2 aliphatic heterocycles. The molecule has 96 valence electrons. The smallest absolute Gasteiger partial charge is 0.174 e. The molecule has 2 aromatic rings. The summed E-state index contributed by atoms with van der Waals surface area (Å²) in [6, 6.07) is 18.8. The average Bonchev–Trinajstić information content (AvgIpc) is 2.85. The van der Waals surface area contributed by atoms with Crippen LogP contribution in [0.4, 0.5) is 11.4 Å². The molecule has 1 atom stereocenters. The number of para-hydroxylation sites is 2. The Kier molecular flexibility index (Phi) is 2.54. The molecular formula is C16H11N3S. The Morgan fingerprint density at radius 1 is 1.15 bits per heavy atom. The van der Waals surface area contributed by atoms with Gasteiger partial charge < -0.3 is 4.90 Å². The number of nitriles is 1. The molecule has 0 fully saturated rings. The summed E-state index contributed by atoms with van der Waals surface area (Å²) in [5, 5.41) is 10.2. The molecule has 0 amide bonds. The minimum Gasteiger partial charge on any atom is -0.311 e. The highest BCUT2D eigenvalue weighted by atomic mass is 32.2. The monoisotopic (exact) mass is 277 g/mol. The van der Waals surface area contributed by atoms with Gasteiger partial charge in [0.1, 0.15) is 0 Å². The van der Waals surface area contributed by atoms with Crippen molar-refractivity contribution in [2.45, 2.75) is 17.4 Å². The van der Waals surface area contributed by atoms with Crippen LogP contribution in [-0.4, -0.2) is 5.17 Å². The summed E-state index contributed by atoms with van der Waals surface area (Å²) >= 11 is 1.68. The summed E-state index contributed by atoms with van der Waals surface area (Å²) in [4.78, 5) is 8.16. The maximum absolute atomic E-state index is 9.19. The molecule has 2 heterocycles. The van der Waals surface area contributed by atoms with Gasteiger partial charge in [-0.2, -0.15) is 5.26 Å². The van der Waals surface area contributed by atoms with E-state index in [9.17, 15) is 5.26 Å². The van der Waals surface area contributed by atoms with Gasteiger partial charge in [0.05, 0.1) is 29.9 Å². The molecule has 4 rings (SSSR count). The summed E-state index contributed by atoms with van der Waals surface area (Å²) < 4.78 is 0. The molecule has 0 N–H and O–H groups in total. The zero-order valence-electron chi connectivity index (χ0n) is 10.7. The Labute approximate surface area is 121 Å². The molecule has 0 spiro atoms. The molecule has 0 bridgehead atoms. The molecule has 2 aliphatic rings. The van der Waals surface area contributed by atoms with Crippen LogP contribution in [0.3, 0.4) is 0 Å². The fourth-order valence-corrected chi connectivity index (χ4v) is 3.85. The van der Waals surface area contributed by atoms with E-state index < -0.39 is 0 Å². The first kappa shape index (κ1) is 11.6. The lowest BCUT2D eigenvalue weighted by Gasteiger charge is -2.32. The van der Waals surface area contributed by atoms with Gasteiger partial charge in [0, 0.05) is 10.5 Å². The molecule has 0 saturated heterocycles. The summed E-state index contributed by atoms with van der Waals surface area (Å²) in [6.45, 7) is 0. The normalized spacial score (nSPS) is 18.6. The van der Waals surface area contributed by atoms with Crippen molar-refractivity contribution >= 4 is 28.3 Å². The van der Waals surface area contributed by atoms with Crippen molar-refractivity contribution in [3.63, 3.8) is 0 Å². The van der Waals surface area contributed by atoms with Crippen molar-refractivity contribution in [3.8, 4) is 6.07 Å². The lowest BCUT2D eigenvalue weighted by atomic mass is 9.99. The highest BCUT2D eigenvalue weighted by molar-refractivity contribution is 8.14. The Balaban J connectivity index is 1.92. The number of hydrogen-bond acceptors (Lipinski definition) is 4. The van der Waals surface area contributed by atoms with Gasteiger partial charge in [-0.05, 0) is 30.0 Å². The van der Waals surface area contributed by atoms with E-state index in [0.29, 0.717) is 6.42 Å². The Bertz CT molecular complexity index is 760. The maximum Gasteiger partial charge on any atom is 0.174 e. The third-order valence-electron chi connectivity index (χ3n) is 3.64. The summed E-state index contributed by atoms with van der Waals surface area (Å²) in [6.07, 6.45) is 0.463. The maximum atomic E-state index is 9.19. The van der Waals surface area contributed by atoms with Crippen molar-refractivity contribution in [1.29, 1.82) is 5.26 Å². The highest BCUT2D eigenvalue weighted by Gasteiger charge is 2.36. The molecule has 4 heteroatoms. The van der Waals surface area contributed by atoms with Crippen molar-refractivity contribution in [1.82, 2.24) is 0 Å². The second-order valence-electron chi connectivity index (χ2n) is 4.77. The minimum atomic E-state index is 0.0554. The average molecular weight is 277 g/mol. The number of benzene rings is 2. The number of fused-ring (bicyclic) bond motifs is 4. The number of rotatable bonds is 1. The van der Waals surface area contributed by atoms with E-state index in [1.54, 1.807) is 11.8 Å². The van der Waals surface area contributed by atoms with Crippen LogP contribution in [0.5, 0.6) is 0 Å². The lowest BCUT2D eigenvalue weighted by molar-refractivity contribution is 0.725. The van der Waals surface area contributed by atoms with E-state index in [1.807, 2.05) is 30.3 Å². The largest absolute Gasteiger partial charge is 0.311 e. The van der Waals surface area contributed by atoms with Gasteiger partial charge >= 0.3 is 0 Å². The first-order valence-electron chi connectivity index (χ1n) is 6.49. The van der Waals surface area contributed by atoms with E-state index >= 15 is 0 Å². The fraction of sp³-hybridized carbons (Fsp3) is 0.125. The zero-order chi connectivity index (χ0) is 13.5. The van der Waals surface area contributed by atoms with Crippen LogP contribution in [0, 0.1) is 11.3 Å². The van der Waals surface area contributed by atoms with Gasteiger partial charge in [0.2, 0.25) is 0 Å². The molecule has 0 radical (unpaired) electrons. The van der Waals surface area contributed by atoms with Gasteiger partial charge in [-0.15, -0.1) is 0 Å². The third kappa shape index (κ3) is 1.57. The standard InChI is InChI=1S/C16H11N3S/c17-10-9-13-11-5-1-2-6-12(11)18-16-19(13)14-7-3-4-8-15(14)20-16/h1-8,13H,9H2. The van der Waals surface area contributed by atoms with Crippen LogP contribution < -0.4 is 4.90 Å². The summed E-state index contributed by atoms with van der Waals surface area (Å²) in [5.41, 5.74) is 3.28. The molecular weight excluding hydrogens is 266 g/mol. The second kappa shape index (κ2) is 4.39. The predicted molar refractivity (Wildman–Crippen MR) is 81.3 cm³/mol. The number of hydrogen-bond donors (Lipinski definition) is 0. The lowest BCUT2D eigenvalue weighted by Crippen LogP contribution is -2.32. The summed E-state index contributed by atoms with van der Waals surface area (Å²) in [7, 11) is 0. The number of aliphatic imine (C=N–C) groups is 1. The van der Waals surface area contributed by atoms with Crippen LogP contribution in [0.15, 0.2) is 58.4 Å². The number of thioether (sulfide) groups is 1. The van der Waals surface area contributed by atoms with Gasteiger partial charge in [0.15, 0.2) is 5.17 Å². The Hall–Kier alpha value is -2.25. The molecule has 0 aromatic heterocycles. The SMILES string of the molecule is N#CCC1c2ccccc2N=C2Sc3ccccc3N21. The van der Waals surface area contributed by atoms with Crippen molar-refractivity contribution in [2.75, 3.05) is 4.90 Å². The number of anilines is 1. The van der Waals surface area contributed by atoms with Crippen molar-refractivity contribution < 1.29 is 0 Å². The van der Waals surface area contributed by atoms with Crippen LogP contribution in [0.1, 0.15) is 18.0 Å². The second-order valence-corrected chi connectivity index (χ2v) is 5.78. The molecule has 1 unspecified atom stereocenters. The first-order valence-corrected chi connectivity index (χ1v) is 7.31. The topological polar surface area (TPSA) is 39.4 Å². The molecule has 2 aromatic carbocycles. The number of amidine groups is 1. The Morgan fingerprint density at radius 3 is 2.85 bits per heavy atom. The van der Waals surface area contributed by atoms with Gasteiger partial charge in [0.25, 0.3) is 0 Å². The molecule has 0 aliphatic carbocycles. The minimum absolute atomic E-state index is 0.0554. The van der Waals surface area contributed by atoms with Gasteiger partial charge in [-0.1, -0.05) is 30.3 Å². The molecule has 0 saturated carbocycles. The Morgan fingerprint density at radius 2 is 1.95 bits per heavy atom. The van der Waals surface area contributed by atoms with E-state index in [1.165, 1.54) is 4.90 Å². The fourth-order valence-electron chi connectivity index (χ4n) is 2.77. The van der Waals surface area contributed by atoms with Crippen LogP contribution in [0.2, 0.25) is 0 Å². The van der Waals surface area contributed by atoms with E-state index in [-0.39, 0.29) is 6.04 Å². The molecule has 3 nitrogen and oxygen atoms in total. The van der Waals surface area contributed by atoms with Gasteiger partial charge in [-0.25, -0.2) is 4.99 Å². The van der Waals surface area contributed by atoms with Crippen molar-refractivity contribution in [2.24, 2.45) is 4.99 Å². The van der Waals surface area contributed by atoms with Crippen molar-refractivity contribution in [3.05, 3.63) is 54.1 Å². The third-order valence-corrected chi connectivity index (χ3v) is 4.68. The highest BCUT2D eigenvalue weighted by Crippen LogP contribution is 2.49. The van der Waals surface area contributed by atoms with E-state index in [4.69, 9.17) is 4.99 Å². The number of nitrogens with zero attached hydrogens (tertiary/aromatic N) is 3. The quantitative estimate of drug-likeness (QED) is 0.782. The first-order chi connectivity index (χ1) is 9.88. The zero-order valence-corrected chi connectivity index (χ0v) is 11.5. The predicted octanol–water partition coefficient (Wildman–Crippen LogP) is 4.25. The van der Waals surface area contributed by atoms with Crippen LogP contribution in [-0.2, 0) is 0 Å². The summed E-state index contributed by atoms with van der Waals surface area (Å²) in [5.74, 6) is 0. The van der Waals surface area contributed by atoms with Gasteiger partial charge in [-0.3, -0.25) is 0 Å². The molecule has 20 heavy (non-hydrogen) atoms. The van der Waals surface area contributed by atoms with Crippen LogP contribution >= 0.6 is 11.8 Å². The van der Waals surface area contributed by atoms with Crippen LogP contribution in [0.25, 0.3) is 0 Å².